The monoisotopic (exact) mass is 356 g/mol. The molecule has 6 nitrogen and oxygen atoms in total. The van der Waals surface area contributed by atoms with Crippen LogP contribution in [0, 0.1) is 22.7 Å². The number of urea groups is 1. The Balaban J connectivity index is 1.80. The van der Waals surface area contributed by atoms with Crippen molar-refractivity contribution in [2.45, 2.75) is 31.2 Å². The van der Waals surface area contributed by atoms with Crippen LogP contribution in [0.15, 0.2) is 48.5 Å². The molecule has 2 aliphatic rings. The van der Waals surface area contributed by atoms with E-state index in [1.54, 1.807) is 53.4 Å². The van der Waals surface area contributed by atoms with Gasteiger partial charge in [-0.3, -0.25) is 9.69 Å². The number of hydrogen-bond donors (Lipinski definition) is 0. The third-order valence-electron chi connectivity index (χ3n) is 5.35. The van der Waals surface area contributed by atoms with Crippen LogP contribution < -0.4 is 9.80 Å². The predicted molar refractivity (Wildman–Crippen MR) is 98.9 cm³/mol. The number of rotatable bonds is 2. The van der Waals surface area contributed by atoms with Crippen molar-refractivity contribution in [1.82, 2.24) is 0 Å². The number of hydrogen-bond acceptors (Lipinski definition) is 4. The standard InChI is InChI=1S/C21H16N4O2/c22-13-15-3-7-17(8-4-15)24-19(26)21(11-1-2-12-21)25(20(24)27)18-9-5-16(14-23)6-10-18/h3-10H,1-2,11-12H2. The van der Waals surface area contributed by atoms with Crippen molar-refractivity contribution in [3.8, 4) is 12.1 Å². The van der Waals surface area contributed by atoms with Crippen molar-refractivity contribution in [1.29, 1.82) is 10.5 Å². The van der Waals surface area contributed by atoms with Gasteiger partial charge in [-0.05, 0) is 61.4 Å². The van der Waals surface area contributed by atoms with E-state index in [4.69, 9.17) is 10.5 Å². The summed E-state index contributed by atoms with van der Waals surface area (Å²) in [5.41, 5.74) is 1.18. The first-order chi connectivity index (χ1) is 13.1. The first-order valence-electron chi connectivity index (χ1n) is 8.80. The summed E-state index contributed by atoms with van der Waals surface area (Å²) < 4.78 is 0. The lowest BCUT2D eigenvalue weighted by Gasteiger charge is -2.31. The van der Waals surface area contributed by atoms with E-state index in [1.165, 1.54) is 4.90 Å². The number of carbonyl (C=O) groups is 2. The molecule has 2 aromatic carbocycles. The van der Waals surface area contributed by atoms with E-state index in [-0.39, 0.29) is 5.91 Å². The molecule has 6 heteroatoms. The van der Waals surface area contributed by atoms with Crippen molar-refractivity contribution in [2.75, 3.05) is 9.80 Å². The van der Waals surface area contributed by atoms with Gasteiger partial charge in [0.25, 0.3) is 5.91 Å². The van der Waals surface area contributed by atoms with E-state index < -0.39 is 11.6 Å². The number of carbonyl (C=O) groups excluding carboxylic acids is 2. The summed E-state index contributed by atoms with van der Waals surface area (Å²) in [6, 6.07) is 16.9. The molecular weight excluding hydrogens is 340 g/mol. The lowest BCUT2D eigenvalue weighted by atomic mass is 9.94. The van der Waals surface area contributed by atoms with Gasteiger partial charge in [0, 0.05) is 5.69 Å². The highest BCUT2D eigenvalue weighted by Crippen LogP contribution is 2.45. The van der Waals surface area contributed by atoms with Crippen LogP contribution in [0.5, 0.6) is 0 Å². The summed E-state index contributed by atoms with van der Waals surface area (Å²) in [6.45, 7) is 0. The number of imide groups is 1. The molecule has 0 atom stereocenters. The third kappa shape index (κ3) is 2.46. The normalized spacial score (nSPS) is 18.0. The Bertz CT molecular complexity index is 990. The molecule has 27 heavy (non-hydrogen) atoms. The fourth-order valence-electron chi connectivity index (χ4n) is 4.03. The van der Waals surface area contributed by atoms with Crippen LogP contribution in [0.25, 0.3) is 0 Å². The van der Waals surface area contributed by atoms with Crippen molar-refractivity contribution >= 4 is 23.3 Å². The van der Waals surface area contributed by atoms with Crippen LogP contribution in [0.4, 0.5) is 16.2 Å². The van der Waals surface area contributed by atoms with Gasteiger partial charge in [-0.1, -0.05) is 12.8 Å². The van der Waals surface area contributed by atoms with Crippen molar-refractivity contribution < 1.29 is 9.59 Å². The van der Waals surface area contributed by atoms with Crippen LogP contribution in [-0.4, -0.2) is 17.5 Å². The summed E-state index contributed by atoms with van der Waals surface area (Å²) in [4.78, 5) is 29.4. The number of amides is 3. The zero-order valence-corrected chi connectivity index (χ0v) is 14.6. The van der Waals surface area contributed by atoms with Gasteiger partial charge < -0.3 is 0 Å². The first kappa shape index (κ1) is 16.8. The number of nitrogens with zero attached hydrogens (tertiary/aromatic N) is 4. The lowest BCUT2D eigenvalue weighted by molar-refractivity contribution is -0.121. The molecule has 0 unspecified atom stereocenters. The third-order valence-corrected chi connectivity index (χ3v) is 5.35. The second-order valence-electron chi connectivity index (χ2n) is 6.81. The largest absolute Gasteiger partial charge is 0.336 e. The molecule has 2 aromatic rings. The van der Waals surface area contributed by atoms with Gasteiger partial charge >= 0.3 is 6.03 Å². The van der Waals surface area contributed by atoms with E-state index in [1.807, 2.05) is 6.07 Å². The van der Waals surface area contributed by atoms with Crippen molar-refractivity contribution in [3.05, 3.63) is 59.7 Å². The molecule has 132 valence electrons. The lowest BCUT2D eigenvalue weighted by Crippen LogP contribution is -2.47. The second-order valence-corrected chi connectivity index (χ2v) is 6.81. The van der Waals surface area contributed by atoms with E-state index in [0.29, 0.717) is 35.3 Å². The molecule has 0 N–H and O–H groups in total. The first-order valence-corrected chi connectivity index (χ1v) is 8.80. The molecule has 3 amide bonds. The molecular formula is C21H16N4O2. The highest BCUT2D eigenvalue weighted by molar-refractivity contribution is 6.30. The summed E-state index contributed by atoms with van der Waals surface area (Å²) >= 11 is 0. The minimum Gasteiger partial charge on any atom is -0.278 e. The van der Waals surface area contributed by atoms with Crippen LogP contribution in [-0.2, 0) is 4.79 Å². The number of nitriles is 2. The Hall–Kier alpha value is -3.64. The maximum Gasteiger partial charge on any atom is 0.336 e. The number of benzene rings is 2. The molecule has 2 fully saturated rings. The average molecular weight is 356 g/mol. The minimum absolute atomic E-state index is 0.223. The Labute approximate surface area is 156 Å². The van der Waals surface area contributed by atoms with Crippen molar-refractivity contribution in [2.24, 2.45) is 0 Å². The zero-order valence-electron chi connectivity index (χ0n) is 14.6. The van der Waals surface area contributed by atoms with Gasteiger partial charge in [0.05, 0.1) is 29.0 Å². The van der Waals surface area contributed by atoms with E-state index in [9.17, 15) is 9.59 Å². The molecule has 1 aliphatic heterocycles. The molecule has 1 heterocycles. The van der Waals surface area contributed by atoms with E-state index in [2.05, 4.69) is 6.07 Å². The number of anilines is 2. The van der Waals surface area contributed by atoms with Crippen LogP contribution in [0.3, 0.4) is 0 Å². The maximum atomic E-state index is 13.3. The molecule has 1 aliphatic carbocycles. The Morgan fingerprint density at radius 1 is 0.778 bits per heavy atom. The van der Waals surface area contributed by atoms with Gasteiger partial charge in [0.1, 0.15) is 5.54 Å². The van der Waals surface area contributed by atoms with E-state index in [0.717, 1.165) is 12.8 Å². The molecule has 1 saturated carbocycles. The molecule has 0 radical (unpaired) electrons. The molecule has 0 bridgehead atoms. The molecule has 1 spiro atoms. The maximum absolute atomic E-state index is 13.3. The average Bonchev–Trinajstić information content (AvgIpc) is 3.27. The SMILES string of the molecule is N#Cc1ccc(N2C(=O)N(c3ccc(C#N)cc3)C3(CCCC3)C2=O)cc1. The van der Waals surface area contributed by atoms with E-state index >= 15 is 0 Å². The fourth-order valence-corrected chi connectivity index (χ4v) is 4.03. The highest BCUT2D eigenvalue weighted by atomic mass is 16.2. The Morgan fingerprint density at radius 2 is 1.26 bits per heavy atom. The van der Waals surface area contributed by atoms with Crippen molar-refractivity contribution in [3.63, 3.8) is 0 Å². The van der Waals surface area contributed by atoms with Gasteiger partial charge in [-0.2, -0.15) is 10.5 Å². The summed E-state index contributed by atoms with van der Waals surface area (Å²) in [5.74, 6) is -0.223. The predicted octanol–water partition coefficient (Wildman–Crippen LogP) is 3.72. The second kappa shape index (κ2) is 6.26. The van der Waals surface area contributed by atoms with Crippen LogP contribution >= 0.6 is 0 Å². The van der Waals surface area contributed by atoms with Gasteiger partial charge in [-0.15, -0.1) is 0 Å². The molecule has 4 rings (SSSR count). The quantitative estimate of drug-likeness (QED) is 0.767. The molecule has 1 saturated heterocycles. The van der Waals surface area contributed by atoms with Crippen LogP contribution in [0.2, 0.25) is 0 Å². The van der Waals surface area contributed by atoms with Gasteiger partial charge in [-0.25, -0.2) is 9.69 Å². The smallest absolute Gasteiger partial charge is 0.278 e. The Morgan fingerprint density at radius 3 is 1.74 bits per heavy atom. The summed E-state index contributed by atoms with van der Waals surface area (Å²) in [6.07, 6.45) is 2.99. The highest BCUT2D eigenvalue weighted by Gasteiger charge is 2.59. The minimum atomic E-state index is -0.876. The summed E-state index contributed by atoms with van der Waals surface area (Å²) in [5, 5.41) is 18.0. The topological polar surface area (TPSA) is 88.2 Å². The van der Waals surface area contributed by atoms with Gasteiger partial charge in [0.2, 0.25) is 0 Å². The fraction of sp³-hybridized carbons (Fsp3) is 0.238. The zero-order chi connectivity index (χ0) is 19.0. The molecule has 0 aromatic heterocycles. The van der Waals surface area contributed by atoms with Crippen LogP contribution in [0.1, 0.15) is 36.8 Å². The van der Waals surface area contributed by atoms with Gasteiger partial charge in [0.15, 0.2) is 0 Å². The summed E-state index contributed by atoms with van der Waals surface area (Å²) in [7, 11) is 0. The Kier molecular flexibility index (Phi) is 3.90.